The second kappa shape index (κ2) is 8.29. The van der Waals surface area contributed by atoms with Gasteiger partial charge in [-0.15, -0.1) is 0 Å². The molecule has 0 aliphatic rings. The molecule has 0 aliphatic carbocycles. The smallest absolute Gasteiger partial charge is 0.250 e. The summed E-state index contributed by atoms with van der Waals surface area (Å²) in [6.07, 6.45) is 3.78. The molecule has 122 valence electrons. The quantitative estimate of drug-likeness (QED) is 0.771. The summed E-state index contributed by atoms with van der Waals surface area (Å²) in [6, 6.07) is 11.0. The van der Waals surface area contributed by atoms with Crippen molar-refractivity contribution in [2.45, 2.75) is 39.3 Å². The van der Waals surface area contributed by atoms with Crippen LogP contribution in [0.1, 0.15) is 30.4 Å². The average Bonchev–Trinajstić information content (AvgIpc) is 2.54. The lowest BCUT2D eigenvalue weighted by Gasteiger charge is -2.07. The Labute approximate surface area is 136 Å². The maximum Gasteiger partial charge on any atom is 0.250 e. The van der Waals surface area contributed by atoms with E-state index >= 15 is 0 Å². The van der Waals surface area contributed by atoms with Gasteiger partial charge in [0.1, 0.15) is 0 Å². The summed E-state index contributed by atoms with van der Waals surface area (Å²) in [7, 11) is 0. The monoisotopic (exact) mass is 313 g/mol. The van der Waals surface area contributed by atoms with Gasteiger partial charge < -0.3 is 15.6 Å². The molecule has 5 nitrogen and oxygen atoms in total. The number of carbonyl (C=O) groups is 1. The van der Waals surface area contributed by atoms with Gasteiger partial charge in [-0.1, -0.05) is 12.1 Å². The van der Waals surface area contributed by atoms with E-state index in [-0.39, 0.29) is 11.5 Å². The van der Waals surface area contributed by atoms with E-state index in [4.69, 9.17) is 5.73 Å². The van der Waals surface area contributed by atoms with Gasteiger partial charge in [0.2, 0.25) is 5.91 Å². The van der Waals surface area contributed by atoms with E-state index in [0.29, 0.717) is 19.5 Å². The van der Waals surface area contributed by atoms with Gasteiger partial charge in [-0.2, -0.15) is 0 Å². The number of amides is 1. The summed E-state index contributed by atoms with van der Waals surface area (Å²) in [5, 5.41) is 2.86. The fraction of sp³-hybridized carbons (Fsp3) is 0.333. The van der Waals surface area contributed by atoms with E-state index < -0.39 is 0 Å². The second-order valence-corrected chi connectivity index (χ2v) is 5.64. The molecule has 0 fully saturated rings. The van der Waals surface area contributed by atoms with Crippen molar-refractivity contribution in [3.8, 4) is 0 Å². The van der Waals surface area contributed by atoms with Gasteiger partial charge in [-0.25, -0.2) is 0 Å². The van der Waals surface area contributed by atoms with Gasteiger partial charge in [0.05, 0.1) is 0 Å². The third-order valence-corrected chi connectivity index (χ3v) is 3.68. The summed E-state index contributed by atoms with van der Waals surface area (Å²) >= 11 is 0. The first-order valence-electron chi connectivity index (χ1n) is 7.84. The number of nitrogens with two attached hydrogens (primary N) is 1. The van der Waals surface area contributed by atoms with Crippen LogP contribution in [0.3, 0.4) is 0 Å². The lowest BCUT2D eigenvalue weighted by Crippen LogP contribution is -2.19. The third-order valence-electron chi connectivity index (χ3n) is 3.68. The van der Waals surface area contributed by atoms with E-state index in [2.05, 4.69) is 5.32 Å². The lowest BCUT2D eigenvalue weighted by atomic mass is 10.2. The van der Waals surface area contributed by atoms with Gasteiger partial charge in [-0.3, -0.25) is 9.59 Å². The highest BCUT2D eigenvalue weighted by molar-refractivity contribution is 5.90. The number of unbranched alkanes of at least 4 members (excludes halogenated alkanes) is 1. The molecule has 3 N–H and O–H groups in total. The van der Waals surface area contributed by atoms with E-state index in [1.165, 1.54) is 0 Å². The zero-order valence-corrected chi connectivity index (χ0v) is 13.4. The topological polar surface area (TPSA) is 77.1 Å². The Morgan fingerprint density at radius 3 is 2.57 bits per heavy atom. The highest BCUT2D eigenvalue weighted by Gasteiger charge is 2.03. The number of hydrogen-bond acceptors (Lipinski definition) is 3. The van der Waals surface area contributed by atoms with Crippen LogP contribution in [0.2, 0.25) is 0 Å². The van der Waals surface area contributed by atoms with E-state index in [1.54, 1.807) is 16.8 Å². The van der Waals surface area contributed by atoms with Crippen LogP contribution in [-0.2, 0) is 17.9 Å². The van der Waals surface area contributed by atoms with Gasteiger partial charge in [0.25, 0.3) is 5.56 Å². The molecule has 23 heavy (non-hydrogen) atoms. The molecule has 0 bridgehead atoms. The number of nitrogens with zero attached hydrogens (tertiary/aromatic N) is 1. The Bertz CT molecular complexity index is 705. The van der Waals surface area contributed by atoms with Gasteiger partial charge in [0, 0.05) is 37.5 Å². The van der Waals surface area contributed by atoms with Crippen LogP contribution in [0, 0.1) is 6.92 Å². The molecule has 0 radical (unpaired) electrons. The minimum Gasteiger partial charge on any atom is -0.326 e. The predicted octanol–water partition coefficient (Wildman–Crippen LogP) is 2.42. The normalized spacial score (nSPS) is 10.5. The number of pyridine rings is 1. The molecular weight excluding hydrogens is 290 g/mol. The molecule has 2 aromatic rings. The summed E-state index contributed by atoms with van der Waals surface area (Å²) in [6.45, 7) is 3.03. The van der Waals surface area contributed by atoms with Crippen LogP contribution in [0.15, 0.2) is 47.4 Å². The molecule has 0 unspecified atom stereocenters. The standard InChI is InChI=1S/C18H23N3O2/c1-14-9-11-21(18(23)12-14)10-3-2-4-17(22)20-16-7-5-15(13-19)6-8-16/h5-9,11-12H,2-4,10,13,19H2,1H3,(H,20,22). The molecule has 1 amide bonds. The fourth-order valence-electron chi connectivity index (χ4n) is 2.31. The van der Waals surface area contributed by atoms with E-state index in [0.717, 1.165) is 29.7 Å². The number of nitrogens with one attached hydrogen (secondary N) is 1. The maximum absolute atomic E-state index is 11.9. The molecule has 0 aliphatic heterocycles. The molecule has 1 heterocycles. The summed E-state index contributed by atoms with van der Waals surface area (Å²) in [4.78, 5) is 23.6. The minimum absolute atomic E-state index is 0.00875. The number of benzene rings is 1. The first-order valence-corrected chi connectivity index (χ1v) is 7.84. The second-order valence-electron chi connectivity index (χ2n) is 5.64. The minimum atomic E-state index is -0.0123. The van der Waals surface area contributed by atoms with Crippen LogP contribution >= 0.6 is 0 Å². The SMILES string of the molecule is Cc1ccn(CCCCC(=O)Nc2ccc(CN)cc2)c(=O)c1. The van der Waals surface area contributed by atoms with Crippen LogP contribution in [0.25, 0.3) is 0 Å². The molecule has 0 saturated carbocycles. The van der Waals surface area contributed by atoms with Crippen molar-refractivity contribution in [1.82, 2.24) is 4.57 Å². The van der Waals surface area contributed by atoms with Gasteiger partial charge in [0.15, 0.2) is 0 Å². The Balaban J connectivity index is 1.73. The third kappa shape index (κ3) is 5.38. The van der Waals surface area contributed by atoms with Crippen molar-refractivity contribution < 1.29 is 4.79 Å². The molecule has 0 saturated heterocycles. The maximum atomic E-state index is 11.9. The van der Waals surface area contributed by atoms with Crippen LogP contribution in [0.5, 0.6) is 0 Å². The highest BCUT2D eigenvalue weighted by atomic mass is 16.1. The van der Waals surface area contributed by atoms with Crippen LogP contribution < -0.4 is 16.6 Å². The molecule has 2 rings (SSSR count). The number of anilines is 1. The number of rotatable bonds is 7. The zero-order chi connectivity index (χ0) is 16.7. The zero-order valence-electron chi connectivity index (χ0n) is 13.4. The van der Waals surface area contributed by atoms with Gasteiger partial charge >= 0.3 is 0 Å². The molecule has 0 atom stereocenters. The number of aromatic nitrogens is 1. The summed E-state index contributed by atoms with van der Waals surface area (Å²) in [5.74, 6) is -0.0123. The largest absolute Gasteiger partial charge is 0.326 e. The van der Waals surface area contributed by atoms with Crippen molar-refractivity contribution in [3.05, 3.63) is 64.1 Å². The summed E-state index contributed by atoms with van der Waals surface area (Å²) in [5.41, 5.74) is 8.32. The van der Waals surface area contributed by atoms with Crippen molar-refractivity contribution in [3.63, 3.8) is 0 Å². The average molecular weight is 313 g/mol. The Morgan fingerprint density at radius 2 is 1.91 bits per heavy atom. The van der Waals surface area contributed by atoms with E-state index in [9.17, 15) is 9.59 Å². The van der Waals surface area contributed by atoms with E-state index in [1.807, 2.05) is 37.3 Å². The van der Waals surface area contributed by atoms with Crippen LogP contribution in [-0.4, -0.2) is 10.5 Å². The molecule has 0 spiro atoms. The first kappa shape index (κ1) is 17.0. The fourth-order valence-corrected chi connectivity index (χ4v) is 2.31. The summed E-state index contributed by atoms with van der Waals surface area (Å²) < 4.78 is 1.68. The number of carbonyl (C=O) groups excluding carboxylic acids is 1. The predicted molar refractivity (Wildman–Crippen MR) is 92.3 cm³/mol. The highest BCUT2D eigenvalue weighted by Crippen LogP contribution is 2.10. The van der Waals surface area contributed by atoms with Gasteiger partial charge in [-0.05, 0) is 49.1 Å². The molecule has 1 aromatic heterocycles. The van der Waals surface area contributed by atoms with Crippen molar-refractivity contribution in [2.24, 2.45) is 5.73 Å². The molecule has 5 heteroatoms. The molecular formula is C18H23N3O2. The molecule has 1 aromatic carbocycles. The number of aryl methyl sites for hydroxylation is 2. The Morgan fingerprint density at radius 1 is 1.17 bits per heavy atom. The van der Waals surface area contributed by atoms with Crippen molar-refractivity contribution in [1.29, 1.82) is 0 Å². The lowest BCUT2D eigenvalue weighted by molar-refractivity contribution is -0.116. The van der Waals surface area contributed by atoms with Crippen LogP contribution in [0.4, 0.5) is 5.69 Å². The number of hydrogen-bond donors (Lipinski definition) is 2. The first-order chi connectivity index (χ1) is 11.1. The van der Waals surface area contributed by atoms with Crippen molar-refractivity contribution >= 4 is 11.6 Å². The Kier molecular flexibility index (Phi) is 6.11. The van der Waals surface area contributed by atoms with Crippen molar-refractivity contribution in [2.75, 3.05) is 5.32 Å². The Hall–Kier alpha value is -2.40.